The van der Waals surface area contributed by atoms with Crippen molar-refractivity contribution >= 4 is 0 Å². The van der Waals surface area contributed by atoms with E-state index >= 15 is 0 Å². The first-order valence-electron chi connectivity index (χ1n) is 5.73. The van der Waals surface area contributed by atoms with Crippen molar-refractivity contribution in [3.63, 3.8) is 0 Å². The molecule has 0 saturated heterocycles. The molecule has 3 heteroatoms. The molecule has 84 valence electrons. The molecule has 1 aromatic heterocycles. The van der Waals surface area contributed by atoms with Gasteiger partial charge in [-0.1, -0.05) is 6.07 Å². The van der Waals surface area contributed by atoms with Crippen molar-refractivity contribution < 1.29 is 0 Å². The molecule has 0 bridgehead atoms. The van der Waals surface area contributed by atoms with Crippen LogP contribution in [0, 0.1) is 16.7 Å². The number of nitrogens with zero attached hydrogens (tertiary/aromatic N) is 3. The van der Waals surface area contributed by atoms with Gasteiger partial charge in [0.25, 0.3) is 0 Å². The molecule has 1 aliphatic rings. The average molecular weight is 215 g/mol. The van der Waals surface area contributed by atoms with Gasteiger partial charge >= 0.3 is 0 Å². The van der Waals surface area contributed by atoms with E-state index in [4.69, 9.17) is 5.26 Å². The number of likely N-dealkylation sites (N-methyl/N-ethyl adjacent to an activating group) is 1. The molecule has 0 unspecified atom stereocenters. The first-order chi connectivity index (χ1) is 7.74. The van der Waals surface area contributed by atoms with Gasteiger partial charge in [0.1, 0.15) is 0 Å². The standard InChI is InChI=1S/C13H17N3/c1-16(11-13(10-14)5-6-13)8-4-12-3-2-7-15-9-12/h2-3,7,9H,4-6,8,11H2,1H3. The lowest BCUT2D eigenvalue weighted by Crippen LogP contribution is -2.28. The zero-order valence-electron chi connectivity index (χ0n) is 9.69. The van der Waals surface area contributed by atoms with Crippen molar-refractivity contribution in [2.24, 2.45) is 5.41 Å². The van der Waals surface area contributed by atoms with Crippen LogP contribution in [0.4, 0.5) is 0 Å². The molecule has 1 heterocycles. The van der Waals surface area contributed by atoms with E-state index in [9.17, 15) is 0 Å². The van der Waals surface area contributed by atoms with E-state index in [1.165, 1.54) is 5.56 Å². The minimum Gasteiger partial charge on any atom is -0.304 e. The smallest absolute Gasteiger partial charge is 0.0703 e. The summed E-state index contributed by atoms with van der Waals surface area (Å²) in [6, 6.07) is 6.49. The first kappa shape index (κ1) is 11.1. The molecular formula is C13H17N3. The van der Waals surface area contributed by atoms with Crippen LogP contribution in [0.1, 0.15) is 18.4 Å². The second-order valence-corrected chi connectivity index (χ2v) is 4.74. The maximum Gasteiger partial charge on any atom is 0.0703 e. The van der Waals surface area contributed by atoms with Crippen molar-refractivity contribution in [1.29, 1.82) is 5.26 Å². The third-order valence-electron chi connectivity index (χ3n) is 3.17. The Morgan fingerprint density at radius 1 is 1.56 bits per heavy atom. The summed E-state index contributed by atoms with van der Waals surface area (Å²) in [7, 11) is 2.09. The third-order valence-corrected chi connectivity index (χ3v) is 3.17. The molecule has 1 aromatic rings. The molecular weight excluding hydrogens is 198 g/mol. The van der Waals surface area contributed by atoms with E-state index in [1.807, 2.05) is 12.3 Å². The predicted octanol–water partition coefficient (Wildman–Crippen LogP) is 1.86. The number of aromatic nitrogens is 1. The predicted molar refractivity (Wildman–Crippen MR) is 62.7 cm³/mol. The zero-order chi connectivity index (χ0) is 11.4. The summed E-state index contributed by atoms with van der Waals surface area (Å²) < 4.78 is 0. The van der Waals surface area contributed by atoms with Crippen molar-refractivity contribution in [3.8, 4) is 6.07 Å². The summed E-state index contributed by atoms with van der Waals surface area (Å²) in [6.45, 7) is 1.90. The highest BCUT2D eigenvalue weighted by Gasteiger charge is 2.43. The lowest BCUT2D eigenvalue weighted by Gasteiger charge is -2.18. The van der Waals surface area contributed by atoms with E-state index in [0.29, 0.717) is 0 Å². The molecule has 0 aromatic carbocycles. The average Bonchev–Trinajstić information content (AvgIpc) is 3.08. The molecule has 0 atom stereocenters. The van der Waals surface area contributed by atoms with Crippen LogP contribution < -0.4 is 0 Å². The Morgan fingerprint density at radius 2 is 2.38 bits per heavy atom. The molecule has 3 nitrogen and oxygen atoms in total. The zero-order valence-corrected chi connectivity index (χ0v) is 9.69. The maximum atomic E-state index is 9.00. The molecule has 0 radical (unpaired) electrons. The molecule has 1 saturated carbocycles. The number of hydrogen-bond acceptors (Lipinski definition) is 3. The quantitative estimate of drug-likeness (QED) is 0.752. The Bertz CT molecular complexity index is 376. The summed E-state index contributed by atoms with van der Waals surface area (Å²) in [5.74, 6) is 0. The summed E-state index contributed by atoms with van der Waals surface area (Å²) in [5, 5.41) is 9.00. The van der Waals surface area contributed by atoms with Crippen molar-refractivity contribution in [1.82, 2.24) is 9.88 Å². The van der Waals surface area contributed by atoms with Crippen LogP contribution >= 0.6 is 0 Å². The van der Waals surface area contributed by atoms with Crippen LogP contribution in [0.25, 0.3) is 0 Å². The van der Waals surface area contributed by atoms with Crippen LogP contribution in [0.5, 0.6) is 0 Å². The van der Waals surface area contributed by atoms with E-state index in [1.54, 1.807) is 6.20 Å². The Hall–Kier alpha value is -1.40. The number of nitriles is 1. The van der Waals surface area contributed by atoms with Crippen LogP contribution in [0.2, 0.25) is 0 Å². The highest BCUT2D eigenvalue weighted by Crippen LogP contribution is 2.45. The van der Waals surface area contributed by atoms with Gasteiger partial charge in [-0.15, -0.1) is 0 Å². The molecule has 16 heavy (non-hydrogen) atoms. The minimum absolute atomic E-state index is 0.0241. The molecule has 0 spiro atoms. The molecule has 2 rings (SSSR count). The molecule has 0 amide bonds. The third kappa shape index (κ3) is 2.80. The Balaban J connectivity index is 1.76. The fraction of sp³-hybridized carbons (Fsp3) is 0.538. The van der Waals surface area contributed by atoms with Gasteiger partial charge in [0.15, 0.2) is 0 Å². The largest absolute Gasteiger partial charge is 0.304 e. The van der Waals surface area contributed by atoms with E-state index in [-0.39, 0.29) is 5.41 Å². The topological polar surface area (TPSA) is 39.9 Å². The van der Waals surface area contributed by atoms with Crippen LogP contribution in [-0.4, -0.2) is 30.0 Å². The Labute approximate surface area is 96.7 Å². The summed E-state index contributed by atoms with van der Waals surface area (Å²) in [5.41, 5.74) is 1.24. The van der Waals surface area contributed by atoms with Gasteiger partial charge in [-0.05, 0) is 37.9 Å². The van der Waals surface area contributed by atoms with E-state index in [2.05, 4.69) is 29.1 Å². The van der Waals surface area contributed by atoms with E-state index in [0.717, 1.165) is 32.4 Å². The molecule has 0 aliphatic heterocycles. The SMILES string of the molecule is CN(CCc1cccnc1)CC1(C#N)CC1. The normalized spacial score (nSPS) is 17.1. The van der Waals surface area contributed by atoms with Gasteiger partial charge in [-0.25, -0.2) is 0 Å². The lowest BCUT2D eigenvalue weighted by molar-refractivity contribution is 0.297. The van der Waals surface area contributed by atoms with E-state index < -0.39 is 0 Å². The fourth-order valence-corrected chi connectivity index (χ4v) is 1.92. The van der Waals surface area contributed by atoms with Gasteiger partial charge in [0.2, 0.25) is 0 Å². The monoisotopic (exact) mass is 215 g/mol. The van der Waals surface area contributed by atoms with Gasteiger partial charge in [0.05, 0.1) is 11.5 Å². The number of hydrogen-bond donors (Lipinski definition) is 0. The van der Waals surface area contributed by atoms with Gasteiger partial charge in [-0.3, -0.25) is 4.98 Å². The molecule has 1 aliphatic carbocycles. The summed E-state index contributed by atoms with van der Waals surface area (Å²) in [6.07, 6.45) is 6.85. The summed E-state index contributed by atoms with van der Waals surface area (Å²) in [4.78, 5) is 6.35. The van der Waals surface area contributed by atoms with Crippen molar-refractivity contribution in [2.75, 3.05) is 20.1 Å². The highest BCUT2D eigenvalue weighted by atomic mass is 15.1. The Kier molecular flexibility index (Phi) is 3.21. The summed E-state index contributed by atoms with van der Waals surface area (Å²) >= 11 is 0. The van der Waals surface area contributed by atoms with Crippen LogP contribution in [-0.2, 0) is 6.42 Å². The highest BCUT2D eigenvalue weighted by molar-refractivity contribution is 5.12. The molecule has 0 N–H and O–H groups in total. The molecule has 1 fully saturated rings. The second-order valence-electron chi connectivity index (χ2n) is 4.74. The second kappa shape index (κ2) is 4.63. The van der Waals surface area contributed by atoms with Gasteiger partial charge in [-0.2, -0.15) is 5.26 Å². The van der Waals surface area contributed by atoms with Crippen molar-refractivity contribution in [3.05, 3.63) is 30.1 Å². The van der Waals surface area contributed by atoms with Crippen molar-refractivity contribution in [2.45, 2.75) is 19.3 Å². The maximum absolute atomic E-state index is 9.00. The first-order valence-corrected chi connectivity index (χ1v) is 5.73. The van der Waals surface area contributed by atoms with Crippen LogP contribution in [0.3, 0.4) is 0 Å². The number of rotatable bonds is 5. The Morgan fingerprint density at radius 3 is 2.94 bits per heavy atom. The fourth-order valence-electron chi connectivity index (χ4n) is 1.92. The number of pyridine rings is 1. The van der Waals surface area contributed by atoms with Gasteiger partial charge < -0.3 is 4.90 Å². The lowest BCUT2D eigenvalue weighted by atomic mass is 10.1. The minimum atomic E-state index is -0.0241. The van der Waals surface area contributed by atoms with Crippen LogP contribution in [0.15, 0.2) is 24.5 Å². The van der Waals surface area contributed by atoms with Gasteiger partial charge in [0, 0.05) is 25.5 Å².